The summed E-state index contributed by atoms with van der Waals surface area (Å²) in [5.74, 6) is 0.900. The zero-order valence-corrected chi connectivity index (χ0v) is 12.5. The van der Waals surface area contributed by atoms with E-state index in [0.29, 0.717) is 0 Å². The van der Waals surface area contributed by atoms with Crippen molar-refractivity contribution in [1.29, 1.82) is 0 Å². The number of benzene rings is 1. The van der Waals surface area contributed by atoms with E-state index < -0.39 is 0 Å². The summed E-state index contributed by atoms with van der Waals surface area (Å²) in [7, 11) is 0. The Labute approximate surface area is 123 Å². The third kappa shape index (κ3) is 2.94. The molecule has 0 aliphatic carbocycles. The maximum atomic E-state index is 6.25. The molecule has 0 saturated heterocycles. The lowest BCUT2D eigenvalue weighted by Gasteiger charge is -2.07. The van der Waals surface area contributed by atoms with Gasteiger partial charge in [0, 0.05) is 10.3 Å². The zero-order valence-electron chi connectivity index (χ0n) is 11.6. The largest absolute Gasteiger partial charge is 0.459 e. The van der Waals surface area contributed by atoms with Crippen LogP contribution in [0.15, 0.2) is 46.2 Å². The fourth-order valence-corrected chi connectivity index (χ4v) is 3.21. The van der Waals surface area contributed by atoms with Crippen LogP contribution in [0.2, 0.25) is 0 Å². The number of nitrogens with two attached hydrogens (primary N) is 1. The number of thiophene rings is 1. The molecule has 2 aromatic heterocycles. The summed E-state index contributed by atoms with van der Waals surface area (Å²) in [6.07, 6.45) is 3.15. The lowest BCUT2D eigenvalue weighted by molar-refractivity contribution is 0.470. The van der Waals surface area contributed by atoms with Crippen molar-refractivity contribution in [3.05, 3.63) is 58.0 Å². The number of rotatable bonds is 5. The average molecular weight is 285 g/mol. The quantitative estimate of drug-likeness (QED) is 0.729. The number of hydrogen-bond acceptors (Lipinski definition) is 3. The van der Waals surface area contributed by atoms with E-state index in [1.807, 2.05) is 17.4 Å². The van der Waals surface area contributed by atoms with Gasteiger partial charge in [0.25, 0.3) is 0 Å². The molecule has 0 aliphatic heterocycles. The Morgan fingerprint density at radius 3 is 2.95 bits per heavy atom. The molecular weight excluding hydrogens is 266 g/mol. The summed E-state index contributed by atoms with van der Waals surface area (Å²) in [4.78, 5) is 1.43. The number of aryl methyl sites for hydroxylation is 2. The molecule has 0 radical (unpaired) electrons. The van der Waals surface area contributed by atoms with Gasteiger partial charge in [-0.2, -0.15) is 0 Å². The Bertz CT molecular complexity index is 684. The third-order valence-electron chi connectivity index (χ3n) is 3.57. The highest BCUT2D eigenvalue weighted by atomic mass is 32.1. The summed E-state index contributed by atoms with van der Waals surface area (Å²) in [5.41, 5.74) is 8.42. The normalized spacial score (nSPS) is 12.9. The highest BCUT2D eigenvalue weighted by Crippen LogP contribution is 2.26. The van der Waals surface area contributed by atoms with Crippen LogP contribution >= 0.6 is 11.3 Å². The van der Waals surface area contributed by atoms with E-state index in [1.54, 1.807) is 0 Å². The number of hydrogen-bond donors (Lipinski definition) is 1. The van der Waals surface area contributed by atoms with Gasteiger partial charge in [-0.15, -0.1) is 11.3 Å². The molecule has 3 aromatic rings. The number of furan rings is 1. The molecule has 1 atom stereocenters. The lowest BCUT2D eigenvalue weighted by Crippen LogP contribution is -2.09. The van der Waals surface area contributed by atoms with Crippen molar-refractivity contribution in [1.82, 2.24) is 0 Å². The minimum Gasteiger partial charge on any atom is -0.459 e. The topological polar surface area (TPSA) is 39.2 Å². The van der Waals surface area contributed by atoms with E-state index in [0.717, 1.165) is 36.0 Å². The second-order valence-electron chi connectivity index (χ2n) is 5.27. The Balaban J connectivity index is 1.64. The van der Waals surface area contributed by atoms with E-state index >= 15 is 0 Å². The molecule has 3 heteroatoms. The molecule has 104 valence electrons. The van der Waals surface area contributed by atoms with Crippen molar-refractivity contribution in [3.8, 4) is 0 Å². The molecule has 0 bridgehead atoms. The van der Waals surface area contributed by atoms with Gasteiger partial charge in [0.2, 0.25) is 0 Å². The molecule has 2 nitrogen and oxygen atoms in total. The van der Waals surface area contributed by atoms with Crippen LogP contribution in [-0.4, -0.2) is 0 Å². The van der Waals surface area contributed by atoms with Gasteiger partial charge in [0.15, 0.2) is 0 Å². The monoisotopic (exact) mass is 285 g/mol. The molecule has 0 aliphatic rings. The maximum Gasteiger partial charge on any atom is 0.134 e. The second kappa shape index (κ2) is 5.81. The fraction of sp³-hybridized carbons (Fsp3) is 0.294. The molecule has 0 fully saturated rings. The van der Waals surface area contributed by atoms with Crippen LogP contribution in [0.4, 0.5) is 0 Å². The van der Waals surface area contributed by atoms with Gasteiger partial charge in [-0.3, -0.25) is 0 Å². The van der Waals surface area contributed by atoms with E-state index in [9.17, 15) is 0 Å². The molecule has 1 unspecified atom stereocenters. The average Bonchev–Trinajstić information content (AvgIpc) is 3.06. The Morgan fingerprint density at radius 2 is 2.15 bits per heavy atom. The molecule has 20 heavy (non-hydrogen) atoms. The van der Waals surface area contributed by atoms with E-state index in [-0.39, 0.29) is 6.04 Å². The smallest absolute Gasteiger partial charge is 0.134 e. The van der Waals surface area contributed by atoms with Gasteiger partial charge >= 0.3 is 0 Å². The molecule has 3 rings (SSSR count). The Hall–Kier alpha value is -1.58. The van der Waals surface area contributed by atoms with Crippen LogP contribution in [0.1, 0.15) is 35.1 Å². The summed E-state index contributed by atoms with van der Waals surface area (Å²) in [6.45, 7) is 2.09. The van der Waals surface area contributed by atoms with Gasteiger partial charge < -0.3 is 10.2 Å². The van der Waals surface area contributed by atoms with Crippen molar-refractivity contribution in [2.24, 2.45) is 5.73 Å². The predicted molar refractivity (Wildman–Crippen MR) is 85.1 cm³/mol. The van der Waals surface area contributed by atoms with Crippen molar-refractivity contribution < 1.29 is 4.42 Å². The van der Waals surface area contributed by atoms with Crippen molar-refractivity contribution >= 4 is 22.3 Å². The van der Waals surface area contributed by atoms with E-state index in [2.05, 4.69) is 42.6 Å². The molecule has 0 saturated carbocycles. The van der Waals surface area contributed by atoms with Crippen molar-refractivity contribution in [2.75, 3.05) is 0 Å². The van der Waals surface area contributed by atoms with Gasteiger partial charge in [0.05, 0.1) is 6.04 Å². The summed E-state index contributed by atoms with van der Waals surface area (Å²) in [6, 6.07) is 12.6. The van der Waals surface area contributed by atoms with Gasteiger partial charge in [-0.05, 0) is 55.8 Å². The lowest BCUT2D eigenvalue weighted by atomic mass is 10.1. The van der Waals surface area contributed by atoms with Crippen LogP contribution in [0.3, 0.4) is 0 Å². The molecule has 0 spiro atoms. The van der Waals surface area contributed by atoms with Gasteiger partial charge in [-0.1, -0.05) is 17.7 Å². The first-order valence-electron chi connectivity index (χ1n) is 7.00. The van der Waals surface area contributed by atoms with E-state index in [4.69, 9.17) is 10.2 Å². The first-order chi connectivity index (χ1) is 9.72. The first kappa shape index (κ1) is 13.4. The predicted octanol–water partition coefficient (Wildman–Crippen LogP) is 4.83. The van der Waals surface area contributed by atoms with Crippen LogP contribution in [-0.2, 0) is 6.42 Å². The summed E-state index contributed by atoms with van der Waals surface area (Å²) < 4.78 is 5.85. The zero-order chi connectivity index (χ0) is 13.9. The molecule has 2 N–H and O–H groups in total. The minimum absolute atomic E-state index is 0.0114. The highest BCUT2D eigenvalue weighted by molar-refractivity contribution is 7.09. The SMILES string of the molecule is Cc1ccc2oc(C(N)CCCc3cccs3)cc2c1. The second-order valence-corrected chi connectivity index (χ2v) is 6.30. The van der Waals surface area contributed by atoms with Gasteiger partial charge in [-0.25, -0.2) is 0 Å². The molecule has 2 heterocycles. The van der Waals surface area contributed by atoms with Crippen LogP contribution < -0.4 is 5.73 Å². The standard InChI is InChI=1S/C17H19NOS/c1-12-7-8-16-13(10-12)11-17(19-16)15(18)6-2-4-14-5-3-9-20-14/h3,5,7-11,15H,2,4,6,18H2,1H3. The number of fused-ring (bicyclic) bond motifs is 1. The molecule has 1 aromatic carbocycles. The van der Waals surface area contributed by atoms with Crippen LogP contribution in [0.25, 0.3) is 11.0 Å². The highest BCUT2D eigenvalue weighted by Gasteiger charge is 2.12. The molecular formula is C17H19NOS. The Morgan fingerprint density at radius 1 is 1.25 bits per heavy atom. The van der Waals surface area contributed by atoms with Crippen LogP contribution in [0, 0.1) is 6.92 Å². The summed E-state index contributed by atoms with van der Waals surface area (Å²) >= 11 is 1.81. The van der Waals surface area contributed by atoms with Crippen LogP contribution in [0.5, 0.6) is 0 Å². The molecule has 0 amide bonds. The first-order valence-corrected chi connectivity index (χ1v) is 7.88. The van der Waals surface area contributed by atoms with E-state index in [1.165, 1.54) is 10.4 Å². The van der Waals surface area contributed by atoms with Crippen molar-refractivity contribution in [2.45, 2.75) is 32.2 Å². The summed E-state index contributed by atoms with van der Waals surface area (Å²) in [5, 5.41) is 3.27. The minimum atomic E-state index is -0.0114. The Kier molecular flexibility index (Phi) is 3.90. The fourth-order valence-electron chi connectivity index (χ4n) is 2.46. The third-order valence-corrected chi connectivity index (χ3v) is 4.51. The maximum absolute atomic E-state index is 6.25. The van der Waals surface area contributed by atoms with Crippen molar-refractivity contribution in [3.63, 3.8) is 0 Å². The van der Waals surface area contributed by atoms with Gasteiger partial charge in [0.1, 0.15) is 11.3 Å².